The molecule has 0 aliphatic carbocycles. The number of hydrogen-bond acceptors (Lipinski definition) is 3. The largest absolute Gasteiger partial charge is 0.322 e. The highest BCUT2D eigenvalue weighted by Gasteiger charge is 2.23. The number of anilines is 2. The van der Waals surface area contributed by atoms with Crippen LogP contribution in [0, 0.1) is 0 Å². The van der Waals surface area contributed by atoms with Crippen molar-refractivity contribution in [3.05, 3.63) is 44.0 Å². The topological polar surface area (TPSA) is 49.4 Å². The van der Waals surface area contributed by atoms with Crippen LogP contribution in [0.2, 0.25) is 5.02 Å². The van der Waals surface area contributed by atoms with Gasteiger partial charge >= 0.3 is 0 Å². The molecule has 1 aromatic carbocycles. The summed E-state index contributed by atoms with van der Waals surface area (Å²) in [7, 11) is 0. The molecule has 2 aromatic rings. The van der Waals surface area contributed by atoms with Gasteiger partial charge in [-0.3, -0.25) is 9.59 Å². The number of thiophene rings is 1. The van der Waals surface area contributed by atoms with Gasteiger partial charge in [-0.1, -0.05) is 11.6 Å². The van der Waals surface area contributed by atoms with E-state index in [0.717, 1.165) is 10.2 Å². The molecule has 1 aliphatic rings. The van der Waals surface area contributed by atoms with Crippen LogP contribution in [0.15, 0.2) is 33.4 Å². The van der Waals surface area contributed by atoms with E-state index in [1.807, 2.05) is 0 Å². The lowest BCUT2D eigenvalue weighted by Crippen LogP contribution is -2.24. The molecule has 1 fully saturated rings. The molecular weight excluding hydrogens is 388 g/mol. The molecule has 7 heteroatoms. The standard InChI is InChI=1S/C15H12BrClN2O2S/c16-13-6-9(8-22-13)15(21)18-10-3-4-12(11(17)7-10)19-5-1-2-14(19)20/h3-4,6-8H,1-2,5H2,(H,18,21). The Morgan fingerprint density at radius 3 is 2.77 bits per heavy atom. The van der Waals surface area contributed by atoms with Crippen LogP contribution in [0.4, 0.5) is 11.4 Å². The highest BCUT2D eigenvalue weighted by atomic mass is 79.9. The molecule has 0 atom stereocenters. The third kappa shape index (κ3) is 3.19. The Balaban J connectivity index is 1.77. The summed E-state index contributed by atoms with van der Waals surface area (Å²) in [5.41, 5.74) is 1.89. The molecular formula is C15H12BrClN2O2S. The summed E-state index contributed by atoms with van der Waals surface area (Å²) in [5, 5.41) is 5.03. The second-order valence-corrected chi connectivity index (χ2v) is 7.61. The molecule has 1 saturated heterocycles. The maximum atomic E-state index is 12.1. The van der Waals surface area contributed by atoms with Gasteiger partial charge in [0.25, 0.3) is 5.91 Å². The molecule has 114 valence electrons. The second kappa shape index (κ2) is 6.40. The number of rotatable bonds is 3. The second-order valence-electron chi connectivity index (χ2n) is 4.91. The minimum absolute atomic E-state index is 0.0850. The minimum atomic E-state index is -0.192. The van der Waals surface area contributed by atoms with Gasteiger partial charge in [0, 0.05) is 24.0 Å². The molecule has 0 bridgehead atoms. The van der Waals surface area contributed by atoms with Crippen molar-refractivity contribution >= 4 is 62.1 Å². The molecule has 1 aliphatic heterocycles. The van der Waals surface area contributed by atoms with Crippen molar-refractivity contribution in [3.8, 4) is 0 Å². The maximum absolute atomic E-state index is 12.1. The predicted octanol–water partition coefficient (Wildman–Crippen LogP) is 4.54. The first-order valence-electron chi connectivity index (χ1n) is 6.70. The zero-order valence-corrected chi connectivity index (χ0v) is 14.6. The van der Waals surface area contributed by atoms with Gasteiger partial charge in [-0.25, -0.2) is 0 Å². The van der Waals surface area contributed by atoms with Gasteiger partial charge in [0.05, 0.1) is 20.1 Å². The van der Waals surface area contributed by atoms with E-state index in [0.29, 0.717) is 34.9 Å². The lowest BCUT2D eigenvalue weighted by atomic mass is 10.2. The predicted molar refractivity (Wildman–Crippen MR) is 93.0 cm³/mol. The van der Waals surface area contributed by atoms with Gasteiger partial charge in [0.1, 0.15) is 0 Å². The van der Waals surface area contributed by atoms with Gasteiger partial charge in [0.2, 0.25) is 5.91 Å². The summed E-state index contributed by atoms with van der Waals surface area (Å²) < 4.78 is 0.901. The van der Waals surface area contributed by atoms with Gasteiger partial charge < -0.3 is 10.2 Å². The average molecular weight is 400 g/mol. The summed E-state index contributed by atoms with van der Waals surface area (Å²) in [6, 6.07) is 6.96. The Bertz CT molecular complexity index is 747. The number of amides is 2. The quantitative estimate of drug-likeness (QED) is 0.823. The molecule has 3 rings (SSSR count). The van der Waals surface area contributed by atoms with Crippen LogP contribution in [0.3, 0.4) is 0 Å². The van der Waals surface area contributed by atoms with Gasteiger partial charge in [-0.2, -0.15) is 0 Å². The molecule has 1 N–H and O–H groups in total. The molecule has 22 heavy (non-hydrogen) atoms. The molecule has 1 aromatic heterocycles. The van der Waals surface area contributed by atoms with E-state index in [4.69, 9.17) is 11.6 Å². The third-order valence-electron chi connectivity index (χ3n) is 3.40. The van der Waals surface area contributed by atoms with E-state index in [-0.39, 0.29) is 11.8 Å². The normalized spacial score (nSPS) is 14.5. The van der Waals surface area contributed by atoms with Crippen molar-refractivity contribution in [2.45, 2.75) is 12.8 Å². The van der Waals surface area contributed by atoms with E-state index >= 15 is 0 Å². The number of nitrogens with one attached hydrogen (secondary N) is 1. The summed E-state index contributed by atoms with van der Waals surface area (Å²) in [4.78, 5) is 25.6. The van der Waals surface area contributed by atoms with Gasteiger partial charge in [-0.05, 0) is 46.6 Å². The Kier molecular flexibility index (Phi) is 4.52. The van der Waals surface area contributed by atoms with Gasteiger partial charge in [0.15, 0.2) is 0 Å². The number of carbonyl (C=O) groups excluding carboxylic acids is 2. The van der Waals surface area contributed by atoms with Crippen molar-refractivity contribution in [1.29, 1.82) is 0 Å². The Morgan fingerprint density at radius 1 is 1.36 bits per heavy atom. The Labute approximate surface area is 145 Å². The molecule has 0 spiro atoms. The van der Waals surface area contributed by atoms with Crippen molar-refractivity contribution in [2.75, 3.05) is 16.8 Å². The smallest absolute Gasteiger partial charge is 0.256 e. The van der Waals surface area contributed by atoms with Crippen LogP contribution in [-0.4, -0.2) is 18.4 Å². The first-order chi connectivity index (χ1) is 10.5. The Morgan fingerprint density at radius 2 is 2.18 bits per heavy atom. The van der Waals surface area contributed by atoms with Crippen molar-refractivity contribution in [3.63, 3.8) is 0 Å². The first-order valence-corrected chi connectivity index (χ1v) is 8.75. The number of halogens is 2. The van der Waals surface area contributed by atoms with Crippen LogP contribution in [0.5, 0.6) is 0 Å². The molecule has 0 radical (unpaired) electrons. The average Bonchev–Trinajstić information content (AvgIpc) is 3.08. The fourth-order valence-corrected chi connectivity index (χ4v) is 3.76. The van der Waals surface area contributed by atoms with Crippen LogP contribution in [0.25, 0.3) is 0 Å². The van der Waals surface area contributed by atoms with Crippen molar-refractivity contribution in [2.24, 2.45) is 0 Å². The first kappa shape index (κ1) is 15.5. The zero-order valence-electron chi connectivity index (χ0n) is 11.4. The lowest BCUT2D eigenvalue weighted by molar-refractivity contribution is -0.117. The van der Waals surface area contributed by atoms with Crippen molar-refractivity contribution in [1.82, 2.24) is 0 Å². The summed E-state index contributed by atoms with van der Waals surface area (Å²) in [6.07, 6.45) is 1.41. The number of carbonyl (C=O) groups is 2. The highest BCUT2D eigenvalue weighted by molar-refractivity contribution is 9.11. The van der Waals surface area contributed by atoms with Crippen molar-refractivity contribution < 1.29 is 9.59 Å². The Hall–Kier alpha value is -1.37. The van der Waals surface area contributed by atoms with E-state index in [2.05, 4.69) is 21.2 Å². The fourth-order valence-electron chi connectivity index (χ4n) is 2.34. The number of hydrogen-bond donors (Lipinski definition) is 1. The summed E-state index contributed by atoms with van der Waals surface area (Å²) in [6.45, 7) is 0.688. The van der Waals surface area contributed by atoms with E-state index in [9.17, 15) is 9.59 Å². The molecule has 4 nitrogen and oxygen atoms in total. The SMILES string of the molecule is O=C(Nc1ccc(N2CCCC2=O)c(Cl)c1)c1csc(Br)c1. The van der Waals surface area contributed by atoms with E-state index < -0.39 is 0 Å². The zero-order chi connectivity index (χ0) is 15.7. The van der Waals surface area contributed by atoms with E-state index in [1.54, 1.807) is 34.5 Å². The maximum Gasteiger partial charge on any atom is 0.256 e. The number of nitrogens with zero attached hydrogens (tertiary/aromatic N) is 1. The van der Waals surface area contributed by atoms with Crippen LogP contribution in [-0.2, 0) is 4.79 Å². The summed E-state index contributed by atoms with van der Waals surface area (Å²) >= 11 is 11.0. The highest BCUT2D eigenvalue weighted by Crippen LogP contribution is 2.32. The fraction of sp³-hybridized carbons (Fsp3) is 0.200. The van der Waals surface area contributed by atoms with E-state index in [1.165, 1.54) is 11.3 Å². The lowest BCUT2D eigenvalue weighted by Gasteiger charge is -2.18. The molecule has 0 saturated carbocycles. The third-order valence-corrected chi connectivity index (χ3v) is 5.21. The van der Waals surface area contributed by atoms with Crippen LogP contribution >= 0.6 is 38.9 Å². The molecule has 2 amide bonds. The monoisotopic (exact) mass is 398 g/mol. The molecule has 0 unspecified atom stereocenters. The minimum Gasteiger partial charge on any atom is -0.322 e. The van der Waals surface area contributed by atoms with Gasteiger partial charge in [-0.15, -0.1) is 11.3 Å². The number of benzene rings is 1. The van der Waals surface area contributed by atoms with Crippen LogP contribution < -0.4 is 10.2 Å². The van der Waals surface area contributed by atoms with Crippen LogP contribution in [0.1, 0.15) is 23.2 Å². The summed E-state index contributed by atoms with van der Waals surface area (Å²) in [5.74, 6) is -0.107. The molecule has 2 heterocycles.